The molecule has 3 rings (SSSR count). The second-order valence-corrected chi connectivity index (χ2v) is 5.68. The first-order chi connectivity index (χ1) is 12.5. The predicted molar refractivity (Wildman–Crippen MR) is 84.9 cm³/mol. The number of carbonyl (C=O) groups excluding carboxylic acids is 1. The zero-order valence-electron chi connectivity index (χ0n) is 13.4. The Labute approximate surface area is 149 Å². The van der Waals surface area contributed by atoms with Gasteiger partial charge in [-0.25, -0.2) is 4.79 Å². The van der Waals surface area contributed by atoms with Crippen molar-refractivity contribution in [2.75, 3.05) is 0 Å². The Bertz CT molecular complexity index is 917. The summed E-state index contributed by atoms with van der Waals surface area (Å²) in [5, 5.41) is 0. The van der Waals surface area contributed by atoms with Crippen molar-refractivity contribution in [1.82, 2.24) is 0 Å². The fourth-order valence-electron chi connectivity index (χ4n) is 2.47. The van der Waals surface area contributed by atoms with E-state index in [0.717, 1.165) is 30.3 Å². The van der Waals surface area contributed by atoms with Gasteiger partial charge < -0.3 is 4.74 Å². The van der Waals surface area contributed by atoms with Gasteiger partial charge in [-0.15, -0.1) is 0 Å². The first-order valence-corrected chi connectivity index (χ1v) is 7.54. The van der Waals surface area contributed by atoms with Gasteiger partial charge in [0.05, 0.1) is 11.1 Å². The highest BCUT2D eigenvalue weighted by molar-refractivity contribution is 6.03. The van der Waals surface area contributed by atoms with E-state index >= 15 is 0 Å². The molecule has 0 fully saturated rings. The molecule has 0 amide bonds. The van der Waals surface area contributed by atoms with E-state index in [1.54, 1.807) is 0 Å². The van der Waals surface area contributed by atoms with E-state index in [4.69, 9.17) is 4.74 Å². The second kappa shape index (κ2) is 6.61. The van der Waals surface area contributed by atoms with Gasteiger partial charge in [0, 0.05) is 11.6 Å². The third-order valence-corrected chi connectivity index (χ3v) is 3.80. The number of allylic oxidation sites excluding steroid dienone is 1. The zero-order valence-corrected chi connectivity index (χ0v) is 13.4. The fraction of sp³-hybridized carbons (Fsp3) is 0.105. The lowest BCUT2D eigenvalue weighted by Gasteiger charge is -2.09. The molecule has 140 valence electrons. The van der Waals surface area contributed by atoms with E-state index in [9.17, 15) is 31.1 Å². The van der Waals surface area contributed by atoms with Crippen molar-refractivity contribution in [3.8, 4) is 0 Å². The van der Waals surface area contributed by atoms with Crippen molar-refractivity contribution >= 4 is 17.6 Å². The molecule has 1 aliphatic heterocycles. The molecule has 0 spiro atoms. The Morgan fingerprint density at radius 3 is 1.70 bits per heavy atom. The Morgan fingerprint density at radius 1 is 0.741 bits per heavy atom. The molecule has 0 bridgehead atoms. The molecule has 8 heteroatoms. The molecule has 0 saturated heterocycles. The monoisotopic (exact) mass is 384 g/mol. The summed E-state index contributed by atoms with van der Waals surface area (Å²) >= 11 is 0. The average molecular weight is 384 g/mol. The van der Waals surface area contributed by atoms with Crippen LogP contribution in [0.25, 0.3) is 11.6 Å². The van der Waals surface area contributed by atoms with Gasteiger partial charge in [-0.2, -0.15) is 26.3 Å². The zero-order chi connectivity index (χ0) is 19.8. The van der Waals surface area contributed by atoms with Gasteiger partial charge in [0.25, 0.3) is 0 Å². The number of hydrogen-bond donors (Lipinski definition) is 0. The Morgan fingerprint density at radius 2 is 1.22 bits per heavy atom. The van der Waals surface area contributed by atoms with Gasteiger partial charge in [0.15, 0.2) is 0 Å². The number of rotatable bonds is 2. The van der Waals surface area contributed by atoms with Crippen LogP contribution in [0.1, 0.15) is 22.3 Å². The third kappa shape index (κ3) is 4.21. The van der Waals surface area contributed by atoms with Gasteiger partial charge in [-0.05, 0) is 41.5 Å². The topological polar surface area (TPSA) is 26.3 Å². The fourth-order valence-corrected chi connectivity index (χ4v) is 2.47. The van der Waals surface area contributed by atoms with Gasteiger partial charge in [-0.1, -0.05) is 24.3 Å². The summed E-state index contributed by atoms with van der Waals surface area (Å²) in [5.41, 5.74) is -0.775. The van der Waals surface area contributed by atoms with Crippen molar-refractivity contribution < 1.29 is 35.9 Å². The minimum atomic E-state index is -4.49. The van der Waals surface area contributed by atoms with E-state index in [1.165, 1.54) is 30.3 Å². The van der Waals surface area contributed by atoms with E-state index in [1.807, 2.05) is 0 Å². The molecule has 0 aliphatic carbocycles. The molecule has 0 aromatic heterocycles. The number of cyclic esters (lactones) is 1. The lowest BCUT2D eigenvalue weighted by Crippen LogP contribution is -2.04. The standard InChI is InChI=1S/C19H10F6O2/c20-18(21,22)13-5-1-11(2-6-13)9-16-15(10-17(26)27-16)12-3-7-14(8-4-12)19(23,24)25/h1-10H. The summed E-state index contributed by atoms with van der Waals surface area (Å²) in [4.78, 5) is 11.6. The molecule has 2 aromatic rings. The largest absolute Gasteiger partial charge is 0.423 e. The number of hydrogen-bond acceptors (Lipinski definition) is 2. The Balaban J connectivity index is 1.91. The summed E-state index contributed by atoms with van der Waals surface area (Å²) in [6, 6.07) is 8.28. The quantitative estimate of drug-likeness (QED) is 0.490. The van der Waals surface area contributed by atoms with Crippen LogP contribution >= 0.6 is 0 Å². The lowest BCUT2D eigenvalue weighted by atomic mass is 10.0. The summed E-state index contributed by atoms with van der Waals surface area (Å²) in [6.07, 6.45) is -6.52. The van der Waals surface area contributed by atoms with Crippen molar-refractivity contribution in [2.24, 2.45) is 0 Å². The van der Waals surface area contributed by atoms with Crippen molar-refractivity contribution in [2.45, 2.75) is 12.4 Å². The minimum Gasteiger partial charge on any atom is -0.423 e. The van der Waals surface area contributed by atoms with Crippen LogP contribution in [0.2, 0.25) is 0 Å². The smallest absolute Gasteiger partial charge is 0.416 e. The molecule has 0 radical (unpaired) electrons. The Kier molecular flexibility index (Phi) is 4.59. The van der Waals surface area contributed by atoms with Crippen LogP contribution in [-0.2, 0) is 21.9 Å². The van der Waals surface area contributed by atoms with Crippen LogP contribution < -0.4 is 0 Å². The normalized spacial score (nSPS) is 16.4. The van der Waals surface area contributed by atoms with Gasteiger partial charge in [-0.3, -0.25) is 0 Å². The molecule has 1 aliphatic rings. The summed E-state index contributed by atoms with van der Waals surface area (Å²) < 4.78 is 80.8. The van der Waals surface area contributed by atoms with Crippen LogP contribution in [0.4, 0.5) is 26.3 Å². The van der Waals surface area contributed by atoms with Crippen molar-refractivity contribution in [3.05, 3.63) is 82.6 Å². The van der Waals surface area contributed by atoms with Crippen molar-refractivity contribution in [1.29, 1.82) is 0 Å². The average Bonchev–Trinajstić information content (AvgIpc) is 2.94. The van der Waals surface area contributed by atoms with E-state index in [0.29, 0.717) is 11.1 Å². The van der Waals surface area contributed by atoms with Gasteiger partial charge in [0.2, 0.25) is 0 Å². The van der Waals surface area contributed by atoms with Gasteiger partial charge >= 0.3 is 18.3 Å². The molecule has 2 nitrogen and oxygen atoms in total. The summed E-state index contributed by atoms with van der Waals surface area (Å²) in [5.74, 6) is -0.678. The molecule has 2 aromatic carbocycles. The minimum absolute atomic E-state index is 0.0412. The van der Waals surface area contributed by atoms with Gasteiger partial charge in [0.1, 0.15) is 5.76 Å². The molecule has 0 saturated carbocycles. The molecule has 0 unspecified atom stereocenters. The number of esters is 1. The molecule has 1 heterocycles. The maximum Gasteiger partial charge on any atom is 0.416 e. The van der Waals surface area contributed by atoms with Crippen molar-refractivity contribution in [3.63, 3.8) is 0 Å². The Hall–Kier alpha value is -3.03. The molecule has 27 heavy (non-hydrogen) atoms. The first-order valence-electron chi connectivity index (χ1n) is 7.54. The summed E-state index contributed by atoms with van der Waals surface area (Å²) in [7, 11) is 0. The van der Waals surface area contributed by atoms with Crippen LogP contribution in [0.3, 0.4) is 0 Å². The SMILES string of the molecule is O=C1C=C(c2ccc(C(F)(F)F)cc2)C(=Cc2ccc(C(F)(F)F)cc2)O1. The van der Waals surface area contributed by atoms with Crippen LogP contribution in [-0.4, -0.2) is 5.97 Å². The first kappa shape index (κ1) is 18.8. The molecular formula is C19H10F6O2. The van der Waals surface area contributed by atoms with E-state index in [-0.39, 0.29) is 11.3 Å². The number of carbonyl (C=O) groups is 1. The van der Waals surface area contributed by atoms with E-state index in [2.05, 4.69) is 0 Å². The number of halogens is 6. The maximum atomic E-state index is 12.7. The summed E-state index contributed by atoms with van der Waals surface area (Å²) in [6.45, 7) is 0. The molecule has 0 atom stereocenters. The lowest BCUT2D eigenvalue weighted by molar-refractivity contribution is -0.138. The highest BCUT2D eigenvalue weighted by Crippen LogP contribution is 2.35. The second-order valence-electron chi connectivity index (χ2n) is 5.68. The van der Waals surface area contributed by atoms with E-state index < -0.39 is 29.4 Å². The predicted octanol–water partition coefficient (Wildman–Crippen LogP) is 5.71. The molecule has 0 N–H and O–H groups in total. The highest BCUT2D eigenvalue weighted by Gasteiger charge is 2.31. The highest BCUT2D eigenvalue weighted by atomic mass is 19.4. The maximum absolute atomic E-state index is 12.7. The number of alkyl halides is 6. The number of benzene rings is 2. The van der Waals surface area contributed by atoms with Crippen LogP contribution in [0.15, 0.2) is 60.4 Å². The van der Waals surface area contributed by atoms with Crippen LogP contribution in [0, 0.1) is 0 Å². The third-order valence-electron chi connectivity index (χ3n) is 3.80. The van der Waals surface area contributed by atoms with Crippen LogP contribution in [0.5, 0.6) is 0 Å². The number of ether oxygens (including phenoxy) is 1. The molecular weight excluding hydrogens is 374 g/mol.